The van der Waals surface area contributed by atoms with Gasteiger partial charge in [0, 0.05) is 13.0 Å². The van der Waals surface area contributed by atoms with Crippen LogP contribution in [0, 0.1) is 0 Å². The monoisotopic (exact) mass is 752 g/mol. The van der Waals surface area contributed by atoms with Crippen LogP contribution >= 0.6 is 0 Å². The predicted molar refractivity (Wildman–Crippen MR) is 219 cm³/mol. The van der Waals surface area contributed by atoms with Crippen LogP contribution in [0.1, 0.15) is 206 Å². The smallest absolute Gasteiger partial charge is 0.234 e. The third kappa shape index (κ3) is 24.6. The van der Waals surface area contributed by atoms with E-state index in [1.165, 1.54) is 128 Å². The Morgan fingerprint density at radius 1 is 0.623 bits per heavy atom. The molecule has 1 fully saturated rings. The molecule has 0 radical (unpaired) electrons. The fourth-order valence-electron chi connectivity index (χ4n) is 7.48. The van der Waals surface area contributed by atoms with E-state index in [2.05, 4.69) is 31.3 Å². The molecule has 5 atom stereocenters. The Hall–Kier alpha value is -1.52. The lowest BCUT2D eigenvalue weighted by Crippen LogP contribution is -2.69. The minimum Gasteiger partial charge on any atom is -0.394 e. The van der Waals surface area contributed by atoms with Crippen LogP contribution in [0.4, 0.5) is 0 Å². The number of ether oxygens (including phenoxy) is 1. The minimum atomic E-state index is -1.41. The highest BCUT2D eigenvalue weighted by Crippen LogP contribution is 2.26. The predicted octanol–water partition coefficient (Wildman–Crippen LogP) is 9.00. The number of nitrogens with two attached hydrogens (primary N) is 1. The van der Waals surface area contributed by atoms with E-state index in [0.717, 1.165) is 57.8 Å². The fourth-order valence-corrected chi connectivity index (χ4v) is 7.48. The Morgan fingerprint density at radius 3 is 1.47 bits per heavy atom. The zero-order valence-electron chi connectivity index (χ0n) is 34.5. The first kappa shape index (κ1) is 49.5. The van der Waals surface area contributed by atoms with Gasteiger partial charge in [0.05, 0.1) is 13.2 Å². The maximum atomic E-state index is 13.7. The summed E-state index contributed by atoms with van der Waals surface area (Å²) < 4.78 is 6.05. The number of carbonyl (C=O) groups excluding carboxylic acids is 2. The molecule has 6 N–H and O–H groups in total. The number of aliphatic hydroxyl groups is 3. The van der Waals surface area contributed by atoms with Gasteiger partial charge in [0.1, 0.15) is 24.4 Å². The summed E-state index contributed by atoms with van der Waals surface area (Å²) in [5, 5.41) is 34.1. The van der Waals surface area contributed by atoms with Crippen LogP contribution in [-0.2, 0) is 14.3 Å². The molecule has 1 rings (SSSR count). The molecule has 0 aromatic heterocycles. The number of rotatable bonds is 36. The van der Waals surface area contributed by atoms with Crippen LogP contribution < -0.4 is 11.1 Å². The summed E-state index contributed by atoms with van der Waals surface area (Å²) in [6.07, 6.45) is 35.6. The number of nitrogens with zero attached hydrogens (tertiary/aromatic N) is 1. The fraction of sp³-hybridized carbons (Fsp3) is 0.909. The van der Waals surface area contributed by atoms with Crippen LogP contribution in [0.3, 0.4) is 0 Å². The normalized spacial score (nSPS) is 20.3. The van der Waals surface area contributed by atoms with Crippen LogP contribution in [0.2, 0.25) is 0 Å². The average molecular weight is 752 g/mol. The van der Waals surface area contributed by atoms with Crippen molar-refractivity contribution in [3.8, 4) is 0 Å². The topological polar surface area (TPSA) is 145 Å². The molecule has 1 aliphatic heterocycles. The van der Waals surface area contributed by atoms with Gasteiger partial charge < -0.3 is 36.0 Å². The van der Waals surface area contributed by atoms with Crippen molar-refractivity contribution in [2.24, 2.45) is 5.73 Å². The summed E-state index contributed by atoms with van der Waals surface area (Å²) in [5.74, 6) is -0.606. The first-order chi connectivity index (χ1) is 25.9. The van der Waals surface area contributed by atoms with E-state index < -0.39 is 43.1 Å². The SMILES string of the molecule is CCCCCCCC/C=C\CCCCCCCC(=O)N(CCCCCCCCCCCCCCCCCC)[C@@H]1O[C@H](CO)[C@@H](O)[C@H](O)[C@H]1NC(=O)CN. The van der Waals surface area contributed by atoms with Crippen LogP contribution in [0.5, 0.6) is 0 Å². The average Bonchev–Trinajstić information content (AvgIpc) is 3.16. The van der Waals surface area contributed by atoms with Crippen molar-refractivity contribution < 1.29 is 29.6 Å². The van der Waals surface area contributed by atoms with Gasteiger partial charge in [-0.2, -0.15) is 0 Å². The van der Waals surface area contributed by atoms with Crippen molar-refractivity contribution in [1.29, 1.82) is 0 Å². The van der Waals surface area contributed by atoms with Crippen molar-refractivity contribution in [2.75, 3.05) is 19.7 Å². The van der Waals surface area contributed by atoms with Gasteiger partial charge in [0.25, 0.3) is 0 Å². The highest BCUT2D eigenvalue weighted by atomic mass is 16.5. The summed E-state index contributed by atoms with van der Waals surface area (Å²) in [6, 6.07) is -1.05. The van der Waals surface area contributed by atoms with Crippen LogP contribution in [0.25, 0.3) is 0 Å². The maximum absolute atomic E-state index is 13.7. The first-order valence-corrected chi connectivity index (χ1v) is 22.5. The maximum Gasteiger partial charge on any atom is 0.234 e. The van der Waals surface area contributed by atoms with Gasteiger partial charge in [-0.25, -0.2) is 0 Å². The second-order valence-corrected chi connectivity index (χ2v) is 15.8. The van der Waals surface area contributed by atoms with E-state index in [1.54, 1.807) is 4.90 Å². The number of unbranched alkanes of at least 4 members (excludes halogenated alkanes) is 26. The Bertz CT molecular complexity index is 889. The summed E-state index contributed by atoms with van der Waals surface area (Å²) in [7, 11) is 0. The molecule has 312 valence electrons. The van der Waals surface area contributed by atoms with E-state index in [4.69, 9.17) is 10.5 Å². The Balaban J connectivity index is 2.51. The summed E-state index contributed by atoms with van der Waals surface area (Å²) in [4.78, 5) is 27.7. The van der Waals surface area contributed by atoms with E-state index in [0.29, 0.717) is 13.0 Å². The largest absolute Gasteiger partial charge is 0.394 e. The highest BCUT2D eigenvalue weighted by Gasteiger charge is 2.48. The quantitative estimate of drug-likeness (QED) is 0.0317. The molecule has 1 heterocycles. The molecule has 2 amide bonds. The van der Waals surface area contributed by atoms with E-state index >= 15 is 0 Å². The van der Waals surface area contributed by atoms with Gasteiger partial charge in [-0.15, -0.1) is 0 Å². The molecule has 0 unspecified atom stereocenters. The summed E-state index contributed by atoms with van der Waals surface area (Å²) >= 11 is 0. The zero-order chi connectivity index (χ0) is 38.8. The Morgan fingerprint density at radius 2 is 1.04 bits per heavy atom. The lowest BCUT2D eigenvalue weighted by Gasteiger charge is -2.46. The summed E-state index contributed by atoms with van der Waals surface area (Å²) in [6.45, 7) is 4.13. The van der Waals surface area contributed by atoms with Crippen molar-refractivity contribution >= 4 is 11.8 Å². The lowest BCUT2D eigenvalue weighted by atomic mass is 9.94. The van der Waals surface area contributed by atoms with E-state index in [9.17, 15) is 24.9 Å². The molecule has 0 aromatic rings. The molecule has 9 heteroatoms. The van der Waals surface area contributed by atoms with E-state index in [1.807, 2.05) is 0 Å². The Kier molecular flexibility index (Phi) is 32.6. The number of amides is 2. The molecule has 1 saturated heterocycles. The van der Waals surface area contributed by atoms with Crippen molar-refractivity contribution in [3.63, 3.8) is 0 Å². The molecule has 0 saturated carbocycles. The highest BCUT2D eigenvalue weighted by molar-refractivity contribution is 5.79. The number of nitrogens with one attached hydrogen (secondary N) is 1. The van der Waals surface area contributed by atoms with Crippen molar-refractivity contribution in [2.45, 2.75) is 237 Å². The van der Waals surface area contributed by atoms with Crippen LogP contribution in [0.15, 0.2) is 12.2 Å². The molecule has 0 spiro atoms. The Labute approximate surface area is 325 Å². The molecular weight excluding hydrogens is 666 g/mol. The standard InChI is InChI=1S/C44H85N3O6/c1-3-5-7-9-11-13-15-17-19-21-23-25-27-29-31-33-35-47(44-41(46-39(49)36-45)43(52)42(51)38(37-48)53-44)40(50)34-32-30-28-26-24-22-20-18-16-14-12-10-8-6-4-2/h18,20,38,41-44,48,51-52H,3-17,19,21-37,45H2,1-2H3,(H,46,49)/b20-18-/t38-,41-,42-,43-,44-/m1/s1. The number of hydrogen-bond donors (Lipinski definition) is 5. The van der Waals surface area contributed by atoms with Gasteiger partial charge in [-0.3, -0.25) is 9.59 Å². The molecular formula is C44H85N3O6. The second-order valence-electron chi connectivity index (χ2n) is 15.8. The van der Waals surface area contributed by atoms with Gasteiger partial charge in [0.2, 0.25) is 11.8 Å². The first-order valence-electron chi connectivity index (χ1n) is 22.5. The number of aliphatic hydroxyl groups excluding tert-OH is 3. The molecule has 0 bridgehead atoms. The van der Waals surface area contributed by atoms with E-state index in [-0.39, 0.29) is 12.5 Å². The van der Waals surface area contributed by atoms with Gasteiger partial charge >= 0.3 is 0 Å². The van der Waals surface area contributed by atoms with Crippen molar-refractivity contribution in [1.82, 2.24) is 10.2 Å². The number of carbonyl (C=O) groups is 2. The molecule has 9 nitrogen and oxygen atoms in total. The molecule has 53 heavy (non-hydrogen) atoms. The lowest BCUT2D eigenvalue weighted by molar-refractivity contribution is -0.231. The molecule has 1 aliphatic rings. The molecule has 0 aliphatic carbocycles. The third-order valence-electron chi connectivity index (χ3n) is 10.9. The number of hydrogen-bond acceptors (Lipinski definition) is 7. The minimum absolute atomic E-state index is 0.0964. The number of allylic oxidation sites excluding steroid dienone is 2. The molecule has 0 aromatic carbocycles. The second kappa shape index (κ2) is 34.9. The van der Waals surface area contributed by atoms with Crippen LogP contribution in [-0.4, -0.2) is 82.3 Å². The van der Waals surface area contributed by atoms with Crippen molar-refractivity contribution in [3.05, 3.63) is 12.2 Å². The zero-order valence-corrected chi connectivity index (χ0v) is 34.5. The van der Waals surface area contributed by atoms with Gasteiger partial charge in [-0.1, -0.05) is 174 Å². The summed E-state index contributed by atoms with van der Waals surface area (Å²) in [5.41, 5.74) is 5.56. The van der Waals surface area contributed by atoms with Gasteiger partial charge in [0.15, 0.2) is 6.23 Å². The third-order valence-corrected chi connectivity index (χ3v) is 10.9. The van der Waals surface area contributed by atoms with Gasteiger partial charge in [-0.05, 0) is 38.5 Å².